The Bertz CT molecular complexity index is 3720. The Morgan fingerprint density at radius 3 is 1.52 bits per heavy atom. The van der Waals surface area contributed by atoms with Crippen LogP contribution in [0.15, 0.2) is 265 Å². The van der Waals surface area contributed by atoms with Crippen LogP contribution < -0.4 is 81.4 Å². The van der Waals surface area contributed by atoms with E-state index in [-0.39, 0.29) is 105 Å². The summed E-state index contributed by atoms with van der Waals surface area (Å²) >= 11 is 10.4. The second-order valence-electron chi connectivity index (χ2n) is 22.6. The van der Waals surface area contributed by atoms with Gasteiger partial charge in [0.05, 0.1) is 16.3 Å². The third kappa shape index (κ3) is 35.3. The Morgan fingerprint density at radius 1 is 0.540 bits per heavy atom. The standard InChI is InChI=1S/C21H22NS.C21H21NS.C14H15NS.C9H11N.C7H7Br.C5H4OS.2C2H6O.CH4O.B.BrH.2Na.H2O.H/c1-2-7-18(8-3-1)15-22(17-21-11-6-14-23-21)13-12-19-9-4-5-10-20(19)16-22;1-2-19-11-6-7-12-20(19)16-22(17-21-13-8-14-23-21)15-18-9-4-3-5-10-18;1-2-5-13-10-15(8-7-12(13)4-1)11-14-6-3-9-16-14;1-2-4-9-7-10-6-5-8(9)3-1;8-6-7-4-2-1-3-5-7;6-4-5-2-1-3-7-5;2*1-2-3;1-2;;;;;;/h1-11,14H,12-13,15-17H2;2-14H,1,15-17H2;1-6,9H,7-8,10-11H2;1-4,10H,5-7H2;1-5H,6H2;1-4H;2*3H,2H2,1H3;2H,1H3;;1H;;;1H2;/q+1;;;;;;;;;;;2*+1;;-1/p-2. The molecule has 0 fully saturated rings. The van der Waals surface area contributed by atoms with Crippen LogP contribution in [0.25, 0.3) is 6.08 Å². The van der Waals surface area contributed by atoms with E-state index in [1.54, 1.807) is 25.5 Å². The second-order valence-corrected chi connectivity index (χ2v) is 27.3. The number of alkyl halides is 1. The van der Waals surface area contributed by atoms with Crippen molar-refractivity contribution in [2.45, 2.75) is 97.3 Å². The van der Waals surface area contributed by atoms with E-state index in [0.29, 0.717) is 0 Å². The van der Waals surface area contributed by atoms with Crippen LogP contribution >= 0.6 is 61.3 Å². The van der Waals surface area contributed by atoms with E-state index in [9.17, 15) is 4.79 Å². The van der Waals surface area contributed by atoms with E-state index in [1.807, 2.05) is 69.7 Å². The molecule has 4 aromatic heterocycles. The number of hydrogen-bond acceptors (Lipinski definition) is 12. The number of aliphatic hydroxyl groups is 3. The molecule has 0 aliphatic carbocycles. The number of nitrogens with one attached hydrogen (secondary N) is 1. The van der Waals surface area contributed by atoms with E-state index in [1.165, 1.54) is 114 Å². The Kier molecular flexibility index (Phi) is 53.1. The minimum Gasteiger partial charge on any atom is -1.00 e. The molecule has 0 spiro atoms. The maximum Gasteiger partial charge on any atom is 1.00 e. The number of nitrogens with zero attached hydrogens (tertiary/aromatic N) is 3. The Labute approximate surface area is 680 Å². The largest absolute Gasteiger partial charge is 1.00 e. The van der Waals surface area contributed by atoms with Gasteiger partial charge in [-0.05, 0) is 129 Å². The number of benzene rings is 7. The molecule has 14 rings (SSSR count). The monoisotopic (exact) mass is 1560 g/mol. The zero-order valence-electron chi connectivity index (χ0n) is 59.9. The van der Waals surface area contributed by atoms with Crippen LogP contribution in [-0.2, 0) is 83.5 Å². The van der Waals surface area contributed by atoms with E-state index >= 15 is 0 Å². The number of quaternary nitrogens is 1. The predicted octanol–water partition coefficient (Wildman–Crippen LogP) is 9.57. The van der Waals surface area contributed by atoms with E-state index < -0.39 is 0 Å². The third-order valence-electron chi connectivity index (χ3n) is 15.6. The summed E-state index contributed by atoms with van der Waals surface area (Å²) in [7, 11) is 1.00. The fourth-order valence-electron chi connectivity index (χ4n) is 11.2. The van der Waals surface area contributed by atoms with E-state index in [4.69, 9.17) is 15.3 Å². The molecule has 7 aromatic carbocycles. The molecule has 519 valence electrons. The summed E-state index contributed by atoms with van der Waals surface area (Å²) in [6, 6.07) is 83.7. The van der Waals surface area contributed by atoms with Crippen molar-refractivity contribution in [3.63, 3.8) is 0 Å². The molecular formula is C82H98BBr2N4Na2O5S4. The molecule has 3 aliphatic heterocycles. The molecule has 7 heterocycles. The topological polar surface area (TPSA) is 126 Å². The van der Waals surface area contributed by atoms with Gasteiger partial charge >= 0.3 is 59.1 Å². The quantitative estimate of drug-likeness (QED) is 0.0347. The van der Waals surface area contributed by atoms with Gasteiger partial charge in [-0.1, -0.05) is 241 Å². The summed E-state index contributed by atoms with van der Waals surface area (Å²) in [6.07, 6.45) is 6.37. The van der Waals surface area contributed by atoms with Crippen LogP contribution in [0.5, 0.6) is 0 Å². The van der Waals surface area contributed by atoms with Crippen molar-refractivity contribution >= 4 is 82.1 Å². The number of thiophene rings is 4. The van der Waals surface area contributed by atoms with E-state index in [0.717, 1.165) is 93.5 Å². The summed E-state index contributed by atoms with van der Waals surface area (Å²) in [6.45, 7) is 20.9. The number of halogens is 2. The number of hydrogen-bond donors (Lipinski definition) is 4. The van der Waals surface area contributed by atoms with E-state index in [2.05, 4.69) is 260 Å². The number of carbonyl (C=O) groups excluding carboxylic acids is 1. The minimum atomic E-state index is 0. The van der Waals surface area contributed by atoms with Gasteiger partial charge in [0.2, 0.25) is 0 Å². The molecule has 9 nitrogen and oxygen atoms in total. The Hall–Kier alpha value is -4.55. The third-order valence-corrected chi connectivity index (χ3v) is 19.6. The van der Waals surface area contributed by atoms with Gasteiger partial charge in [0.25, 0.3) is 0 Å². The molecule has 11 aromatic rings. The molecule has 3 aliphatic rings. The minimum absolute atomic E-state index is 0. The Morgan fingerprint density at radius 2 is 1.01 bits per heavy atom. The zero-order valence-corrected chi connectivity index (χ0v) is 69.4. The van der Waals surface area contributed by atoms with Crippen LogP contribution in [-0.4, -0.2) is 89.7 Å². The number of rotatable bonds is 15. The molecule has 0 saturated carbocycles. The van der Waals surface area contributed by atoms with Crippen LogP contribution in [0.2, 0.25) is 0 Å². The van der Waals surface area contributed by atoms with Crippen molar-refractivity contribution in [1.29, 1.82) is 0 Å². The number of fused-ring (bicyclic) bond motifs is 3. The van der Waals surface area contributed by atoms with Crippen molar-refractivity contribution in [3.05, 3.63) is 345 Å². The van der Waals surface area contributed by atoms with Crippen LogP contribution in [0.3, 0.4) is 0 Å². The van der Waals surface area contributed by atoms with Gasteiger partial charge in [-0.15, -0.1) is 45.3 Å². The number of aldehydes is 1. The summed E-state index contributed by atoms with van der Waals surface area (Å²) in [5, 5.41) is 34.8. The van der Waals surface area contributed by atoms with Crippen molar-refractivity contribution in [1.82, 2.24) is 15.1 Å². The molecule has 1 atom stereocenters. The summed E-state index contributed by atoms with van der Waals surface area (Å²) < 4.78 is 1.14. The SMILES string of the molecule is BrCc1ccccc1.C=Cc1ccccc1CN(Cc1ccccc1)Cc1cccs1.CCO.CCO.CO.O=Cc1cccs1.[B].[Br-].[H-].[Na+].[Na+].[OH-].c1ccc(C[N+]2(Cc3cccs3)CCc3ccccc3C2)cc1.c1ccc2c(c1)CCNC2.c1csc(CN2CCc3ccccc3C2)c1. The summed E-state index contributed by atoms with van der Waals surface area (Å²) in [4.78, 5) is 20.1. The average molecular weight is 1560 g/mol. The fourth-order valence-corrected chi connectivity index (χ4v) is 14.4. The average Bonchev–Trinajstić information content (AvgIpc) is 1.18. The molecule has 0 amide bonds. The van der Waals surface area contributed by atoms with Gasteiger partial charge in [-0.25, -0.2) is 0 Å². The normalized spacial score (nSPS) is 13.1. The van der Waals surface area contributed by atoms with Gasteiger partial charge in [0.1, 0.15) is 19.6 Å². The molecule has 0 bridgehead atoms. The first-order chi connectivity index (χ1) is 46.8. The maximum absolute atomic E-state index is 9.88. The number of aliphatic hydroxyl groups excluding tert-OH is 3. The van der Waals surface area contributed by atoms with Crippen molar-refractivity contribution < 1.29 is 108 Å². The first-order valence-corrected chi connectivity index (χ1v) is 37.2. The van der Waals surface area contributed by atoms with Crippen LogP contribution in [0, 0.1) is 0 Å². The van der Waals surface area contributed by atoms with Crippen molar-refractivity contribution in [2.75, 3.05) is 40.0 Å². The molecule has 100 heavy (non-hydrogen) atoms. The summed E-state index contributed by atoms with van der Waals surface area (Å²) in [5.74, 6) is 0. The van der Waals surface area contributed by atoms with Gasteiger partial charge in [0, 0.05) is 107 Å². The summed E-state index contributed by atoms with van der Waals surface area (Å²) in [5.41, 5.74) is 15.8. The zero-order chi connectivity index (χ0) is 67.4. The van der Waals surface area contributed by atoms with Crippen LogP contribution in [0.1, 0.15) is 101 Å². The first-order valence-electron chi connectivity index (χ1n) is 32.6. The molecule has 18 heteroatoms. The van der Waals surface area contributed by atoms with Crippen LogP contribution in [0.4, 0.5) is 0 Å². The van der Waals surface area contributed by atoms with Gasteiger partial charge in [-0.3, -0.25) is 14.6 Å². The van der Waals surface area contributed by atoms with Gasteiger partial charge in [-0.2, -0.15) is 0 Å². The first kappa shape index (κ1) is 93.5. The van der Waals surface area contributed by atoms with Gasteiger partial charge < -0.3 is 49.0 Å². The predicted molar refractivity (Wildman–Crippen MR) is 419 cm³/mol. The smallest absolute Gasteiger partial charge is 1.00 e. The Balaban J connectivity index is 0.00000120. The van der Waals surface area contributed by atoms with Crippen molar-refractivity contribution in [2.24, 2.45) is 0 Å². The number of carbonyl (C=O) groups is 1. The maximum atomic E-state index is 9.88. The molecule has 1 unspecified atom stereocenters. The van der Waals surface area contributed by atoms with Crippen molar-refractivity contribution in [3.8, 4) is 0 Å². The molecular weight excluding hydrogens is 1470 g/mol. The molecule has 5 N–H and O–H groups in total. The molecule has 0 saturated heterocycles. The second kappa shape index (κ2) is 56.9. The fraction of sp³-hybridized carbons (Fsp3) is 0.256. The van der Waals surface area contributed by atoms with Gasteiger partial charge in [0.15, 0.2) is 6.29 Å². The molecule has 3 radical (unpaired) electrons.